The third-order valence-electron chi connectivity index (χ3n) is 3.08. The molecule has 1 aliphatic rings. The lowest BCUT2D eigenvalue weighted by molar-refractivity contribution is 0.0394. The van der Waals surface area contributed by atoms with Gasteiger partial charge in [0.2, 0.25) is 0 Å². The summed E-state index contributed by atoms with van der Waals surface area (Å²) in [6, 6.07) is 3.45. The van der Waals surface area contributed by atoms with E-state index in [9.17, 15) is 4.79 Å². The molecule has 1 aliphatic heterocycles. The Balaban J connectivity index is 1.70. The van der Waals surface area contributed by atoms with Gasteiger partial charge in [-0.15, -0.1) is 0 Å². The van der Waals surface area contributed by atoms with Crippen molar-refractivity contribution in [3.63, 3.8) is 0 Å². The van der Waals surface area contributed by atoms with Gasteiger partial charge in [0.15, 0.2) is 0 Å². The molecule has 0 radical (unpaired) electrons. The number of nitrogens with two attached hydrogens (primary N) is 1. The Morgan fingerprint density at radius 1 is 1.53 bits per heavy atom. The van der Waals surface area contributed by atoms with Crippen molar-refractivity contribution in [2.24, 2.45) is 5.73 Å². The molecule has 0 atom stereocenters. The van der Waals surface area contributed by atoms with Crippen molar-refractivity contribution in [2.45, 2.75) is 18.9 Å². The first-order valence-electron chi connectivity index (χ1n) is 6.58. The van der Waals surface area contributed by atoms with Crippen LogP contribution in [0.1, 0.15) is 23.3 Å². The summed E-state index contributed by atoms with van der Waals surface area (Å²) in [7, 11) is 0. The fraction of sp³-hybridized carbons (Fsp3) is 0.538. The van der Waals surface area contributed by atoms with Gasteiger partial charge in [-0.1, -0.05) is 0 Å². The van der Waals surface area contributed by atoms with E-state index in [1.54, 1.807) is 18.3 Å². The topological polar surface area (TPSA) is 89.3 Å². The van der Waals surface area contributed by atoms with Crippen LogP contribution >= 0.6 is 0 Å². The number of carbonyl (C=O) groups excluding carboxylic acids is 1. The molecule has 1 saturated heterocycles. The van der Waals surface area contributed by atoms with Gasteiger partial charge in [0.05, 0.1) is 12.7 Å². The molecule has 0 saturated carbocycles. The van der Waals surface area contributed by atoms with Crippen LogP contribution in [-0.2, 0) is 4.74 Å². The summed E-state index contributed by atoms with van der Waals surface area (Å²) in [5, 5.41) is 6.49. The number of nitrogens with one attached hydrogen (secondary N) is 2. The van der Waals surface area contributed by atoms with Gasteiger partial charge in [-0.3, -0.25) is 9.78 Å². The molecule has 19 heavy (non-hydrogen) atoms. The zero-order valence-electron chi connectivity index (χ0n) is 10.9. The average Bonchev–Trinajstić information content (AvgIpc) is 2.45. The lowest BCUT2D eigenvalue weighted by Gasteiger charge is -2.23. The highest BCUT2D eigenvalue weighted by molar-refractivity contribution is 5.91. The van der Waals surface area contributed by atoms with Crippen LogP contribution in [0.4, 0.5) is 5.69 Å². The SMILES string of the molecule is NC(=O)c1cc(NCCOC2CCNCC2)ccn1. The number of aromatic nitrogens is 1. The number of rotatable bonds is 6. The first kappa shape index (κ1) is 13.8. The maximum Gasteiger partial charge on any atom is 0.267 e. The van der Waals surface area contributed by atoms with Gasteiger partial charge in [-0.2, -0.15) is 0 Å². The highest BCUT2D eigenvalue weighted by atomic mass is 16.5. The van der Waals surface area contributed by atoms with Crippen LogP contribution in [0.5, 0.6) is 0 Å². The van der Waals surface area contributed by atoms with Crippen LogP contribution in [0.2, 0.25) is 0 Å². The first-order valence-corrected chi connectivity index (χ1v) is 6.58. The summed E-state index contributed by atoms with van der Waals surface area (Å²) in [5.74, 6) is -0.519. The second-order valence-corrected chi connectivity index (χ2v) is 4.54. The van der Waals surface area contributed by atoms with Gasteiger partial charge in [-0.25, -0.2) is 0 Å². The van der Waals surface area contributed by atoms with Gasteiger partial charge in [0.25, 0.3) is 5.91 Å². The van der Waals surface area contributed by atoms with Crippen LogP contribution < -0.4 is 16.4 Å². The molecular weight excluding hydrogens is 244 g/mol. The van der Waals surface area contributed by atoms with Gasteiger partial charge in [0.1, 0.15) is 5.69 Å². The maximum atomic E-state index is 11.0. The minimum Gasteiger partial charge on any atom is -0.383 e. The van der Waals surface area contributed by atoms with Crippen molar-refractivity contribution in [3.05, 3.63) is 24.0 Å². The van der Waals surface area contributed by atoms with Crippen molar-refractivity contribution in [2.75, 3.05) is 31.6 Å². The highest BCUT2D eigenvalue weighted by Crippen LogP contribution is 2.09. The maximum absolute atomic E-state index is 11.0. The lowest BCUT2D eigenvalue weighted by Crippen LogP contribution is -2.33. The summed E-state index contributed by atoms with van der Waals surface area (Å²) in [5.41, 5.74) is 6.27. The molecule has 1 fully saturated rings. The average molecular weight is 264 g/mol. The Morgan fingerprint density at radius 3 is 3.05 bits per heavy atom. The quantitative estimate of drug-likeness (QED) is 0.646. The van der Waals surface area contributed by atoms with E-state index in [2.05, 4.69) is 15.6 Å². The monoisotopic (exact) mass is 264 g/mol. The molecule has 2 heterocycles. The number of amides is 1. The Morgan fingerprint density at radius 2 is 2.32 bits per heavy atom. The number of hydrogen-bond donors (Lipinski definition) is 3. The van der Waals surface area contributed by atoms with E-state index in [-0.39, 0.29) is 5.69 Å². The van der Waals surface area contributed by atoms with E-state index < -0.39 is 5.91 Å². The Kier molecular flexibility index (Phi) is 5.11. The number of pyridine rings is 1. The van der Waals surface area contributed by atoms with Crippen molar-refractivity contribution >= 4 is 11.6 Å². The Labute approximate surface area is 112 Å². The summed E-state index contributed by atoms with van der Waals surface area (Å²) in [6.45, 7) is 3.42. The number of primary amides is 1. The van der Waals surface area contributed by atoms with E-state index in [0.717, 1.165) is 31.6 Å². The van der Waals surface area contributed by atoms with Crippen LogP contribution in [0.25, 0.3) is 0 Å². The summed E-state index contributed by atoms with van der Waals surface area (Å²) in [6.07, 6.45) is 4.07. The largest absolute Gasteiger partial charge is 0.383 e. The lowest BCUT2D eigenvalue weighted by atomic mass is 10.1. The molecule has 1 amide bonds. The fourth-order valence-corrected chi connectivity index (χ4v) is 2.06. The van der Waals surface area contributed by atoms with Crippen LogP contribution in [0.15, 0.2) is 18.3 Å². The minimum absolute atomic E-state index is 0.268. The van der Waals surface area contributed by atoms with Crippen LogP contribution in [0, 0.1) is 0 Å². The molecule has 2 rings (SSSR count). The first-order chi connectivity index (χ1) is 9.25. The fourth-order valence-electron chi connectivity index (χ4n) is 2.06. The molecule has 6 heteroatoms. The standard InChI is InChI=1S/C13H20N4O2/c14-13(18)12-9-10(1-6-17-12)16-7-8-19-11-2-4-15-5-3-11/h1,6,9,11,15H,2-5,7-8H2,(H2,14,18)(H,16,17). The van der Waals surface area contributed by atoms with Gasteiger partial charge in [0, 0.05) is 18.4 Å². The highest BCUT2D eigenvalue weighted by Gasteiger charge is 2.12. The third kappa shape index (κ3) is 4.50. The molecule has 0 aromatic carbocycles. The van der Waals surface area contributed by atoms with Crippen molar-refractivity contribution in [1.82, 2.24) is 10.3 Å². The normalized spacial score (nSPS) is 16.2. The molecule has 0 aliphatic carbocycles. The molecule has 0 bridgehead atoms. The van der Waals surface area contributed by atoms with Gasteiger partial charge in [-0.05, 0) is 38.1 Å². The predicted octanol–water partition coefficient (Wildman–Crippen LogP) is 0.361. The van der Waals surface area contributed by atoms with Gasteiger partial charge < -0.3 is 21.1 Å². The van der Waals surface area contributed by atoms with E-state index in [4.69, 9.17) is 10.5 Å². The van der Waals surface area contributed by atoms with Crippen molar-refractivity contribution < 1.29 is 9.53 Å². The Bertz CT molecular complexity index is 419. The zero-order valence-corrected chi connectivity index (χ0v) is 10.9. The molecule has 4 N–H and O–H groups in total. The molecule has 1 aromatic rings. The number of hydrogen-bond acceptors (Lipinski definition) is 5. The minimum atomic E-state index is -0.519. The van der Waals surface area contributed by atoms with Crippen LogP contribution in [-0.4, -0.2) is 43.2 Å². The van der Waals surface area contributed by atoms with Crippen LogP contribution in [0.3, 0.4) is 0 Å². The van der Waals surface area contributed by atoms with Crippen molar-refractivity contribution in [1.29, 1.82) is 0 Å². The summed E-state index contributed by atoms with van der Waals surface area (Å²) < 4.78 is 5.77. The van der Waals surface area contributed by atoms with E-state index in [1.807, 2.05) is 0 Å². The second kappa shape index (κ2) is 7.06. The van der Waals surface area contributed by atoms with E-state index >= 15 is 0 Å². The summed E-state index contributed by atoms with van der Waals surface area (Å²) in [4.78, 5) is 14.9. The van der Waals surface area contributed by atoms with Gasteiger partial charge >= 0.3 is 0 Å². The summed E-state index contributed by atoms with van der Waals surface area (Å²) >= 11 is 0. The molecular formula is C13H20N4O2. The smallest absolute Gasteiger partial charge is 0.267 e. The number of anilines is 1. The molecule has 0 spiro atoms. The molecule has 104 valence electrons. The molecule has 6 nitrogen and oxygen atoms in total. The van der Waals surface area contributed by atoms with Crippen molar-refractivity contribution in [3.8, 4) is 0 Å². The number of ether oxygens (including phenoxy) is 1. The third-order valence-corrected chi connectivity index (χ3v) is 3.08. The molecule has 0 unspecified atom stereocenters. The zero-order chi connectivity index (χ0) is 13.5. The number of piperidine rings is 1. The van der Waals surface area contributed by atoms with E-state index in [0.29, 0.717) is 19.3 Å². The number of carbonyl (C=O) groups is 1. The Hall–Kier alpha value is -1.66. The second-order valence-electron chi connectivity index (χ2n) is 4.54. The van der Waals surface area contributed by atoms with E-state index in [1.165, 1.54) is 0 Å². The molecule has 1 aromatic heterocycles. The predicted molar refractivity (Wildman–Crippen MR) is 73.1 cm³/mol. The number of nitrogens with zero attached hydrogens (tertiary/aromatic N) is 1.